The van der Waals surface area contributed by atoms with Gasteiger partial charge in [-0.3, -0.25) is 5.32 Å². The molecule has 100 valence electrons. The summed E-state index contributed by atoms with van der Waals surface area (Å²) in [6.45, 7) is 4.26. The molecule has 0 rings (SSSR count). The number of nitrogens with one attached hydrogen (secondary N) is 1. The first kappa shape index (κ1) is 16.1. The second kappa shape index (κ2) is 10.2. The van der Waals surface area contributed by atoms with Crippen LogP contribution in [-0.2, 0) is 14.2 Å². The van der Waals surface area contributed by atoms with E-state index in [0.29, 0.717) is 38.0 Å². The minimum absolute atomic E-state index is 0.310. The van der Waals surface area contributed by atoms with Gasteiger partial charge in [-0.2, -0.15) is 0 Å². The molecule has 0 aromatic heterocycles. The van der Waals surface area contributed by atoms with Gasteiger partial charge in [0.1, 0.15) is 0 Å². The van der Waals surface area contributed by atoms with Gasteiger partial charge in [0.15, 0.2) is 5.11 Å². The van der Waals surface area contributed by atoms with Crippen LogP contribution in [0, 0.1) is 0 Å². The molecule has 0 aliphatic rings. The number of carbonyl (C=O) groups excluding carboxylic acids is 1. The van der Waals surface area contributed by atoms with Gasteiger partial charge in [0.2, 0.25) is 0 Å². The van der Waals surface area contributed by atoms with Crippen LogP contribution in [0.1, 0.15) is 6.92 Å². The Morgan fingerprint density at radius 3 is 2.18 bits per heavy atom. The highest BCUT2D eigenvalue weighted by Crippen LogP contribution is 1.92. The highest BCUT2D eigenvalue weighted by molar-refractivity contribution is 7.80. The Balaban J connectivity index is 4.15. The van der Waals surface area contributed by atoms with Gasteiger partial charge >= 0.3 is 6.09 Å². The average molecular weight is 264 g/mol. The van der Waals surface area contributed by atoms with Gasteiger partial charge in [0.25, 0.3) is 0 Å². The standard InChI is InChI=1S/C10H20N2O4S/c1-4-16-10(13)11-9(17)12(5-7-14-2)6-8-15-3/h4-8H2,1-3H3,(H,11,13,17). The lowest BCUT2D eigenvalue weighted by atomic mass is 10.5. The highest BCUT2D eigenvalue weighted by Gasteiger charge is 2.12. The maximum Gasteiger partial charge on any atom is 0.413 e. The molecule has 1 amide bonds. The fourth-order valence-electron chi connectivity index (χ4n) is 1.05. The maximum atomic E-state index is 11.2. The van der Waals surface area contributed by atoms with Crippen molar-refractivity contribution in [2.24, 2.45) is 0 Å². The van der Waals surface area contributed by atoms with Crippen LogP contribution in [0.15, 0.2) is 0 Å². The molecular formula is C10H20N2O4S. The van der Waals surface area contributed by atoms with Gasteiger partial charge in [-0.1, -0.05) is 0 Å². The van der Waals surface area contributed by atoms with Crippen molar-refractivity contribution in [3.63, 3.8) is 0 Å². The average Bonchev–Trinajstić information content (AvgIpc) is 2.29. The van der Waals surface area contributed by atoms with Crippen LogP contribution in [0.3, 0.4) is 0 Å². The molecule has 0 aromatic rings. The molecule has 0 spiro atoms. The van der Waals surface area contributed by atoms with Gasteiger partial charge in [0.05, 0.1) is 19.8 Å². The number of alkyl carbamates (subject to hydrolysis) is 1. The predicted octanol–water partition coefficient (Wildman–Crippen LogP) is 0.612. The summed E-state index contributed by atoms with van der Waals surface area (Å²) in [7, 11) is 3.21. The Hall–Kier alpha value is -0.920. The molecule has 0 radical (unpaired) electrons. The Kier molecular flexibility index (Phi) is 9.69. The molecule has 0 fully saturated rings. The number of amides is 1. The molecule has 0 saturated heterocycles. The van der Waals surface area contributed by atoms with E-state index in [0.717, 1.165) is 0 Å². The quantitative estimate of drug-likeness (QED) is 0.680. The molecule has 0 unspecified atom stereocenters. The summed E-state index contributed by atoms with van der Waals surface area (Å²) >= 11 is 5.10. The summed E-state index contributed by atoms with van der Waals surface area (Å²) in [6, 6.07) is 0. The normalized spacial score (nSPS) is 9.82. The molecule has 6 nitrogen and oxygen atoms in total. The zero-order valence-corrected chi connectivity index (χ0v) is 11.3. The summed E-state index contributed by atoms with van der Waals surface area (Å²) in [4.78, 5) is 13.0. The molecule has 17 heavy (non-hydrogen) atoms. The molecular weight excluding hydrogens is 244 g/mol. The molecule has 7 heteroatoms. The van der Waals surface area contributed by atoms with E-state index in [1.807, 2.05) is 0 Å². The first-order valence-electron chi connectivity index (χ1n) is 5.36. The number of rotatable bonds is 7. The minimum Gasteiger partial charge on any atom is -0.450 e. The molecule has 0 heterocycles. The minimum atomic E-state index is -0.544. The molecule has 0 aliphatic carbocycles. The van der Waals surface area contributed by atoms with Crippen molar-refractivity contribution in [3.05, 3.63) is 0 Å². The summed E-state index contributed by atoms with van der Waals surface area (Å²) in [5.41, 5.74) is 0. The van der Waals surface area contributed by atoms with E-state index >= 15 is 0 Å². The Morgan fingerprint density at radius 2 is 1.76 bits per heavy atom. The zero-order chi connectivity index (χ0) is 13.1. The fraction of sp³-hybridized carbons (Fsp3) is 0.800. The Labute approximate surface area is 107 Å². The summed E-state index contributed by atoms with van der Waals surface area (Å²) < 4.78 is 14.7. The van der Waals surface area contributed by atoms with Crippen molar-refractivity contribution in [3.8, 4) is 0 Å². The van der Waals surface area contributed by atoms with E-state index in [1.54, 1.807) is 26.0 Å². The third-order valence-corrected chi connectivity index (χ3v) is 2.26. The second-order valence-electron chi connectivity index (χ2n) is 3.12. The number of carbonyl (C=O) groups is 1. The number of thiocarbonyl (C=S) groups is 1. The van der Waals surface area contributed by atoms with Crippen LogP contribution in [-0.4, -0.2) is 63.2 Å². The van der Waals surface area contributed by atoms with E-state index in [4.69, 9.17) is 26.4 Å². The third-order valence-electron chi connectivity index (χ3n) is 1.90. The summed E-state index contributed by atoms with van der Waals surface area (Å²) in [6.07, 6.45) is -0.544. The molecule has 1 N–H and O–H groups in total. The largest absolute Gasteiger partial charge is 0.450 e. The predicted molar refractivity (Wildman–Crippen MR) is 68.1 cm³/mol. The van der Waals surface area contributed by atoms with Gasteiger partial charge in [0, 0.05) is 27.3 Å². The maximum absolute atomic E-state index is 11.2. The highest BCUT2D eigenvalue weighted by atomic mass is 32.1. The lowest BCUT2D eigenvalue weighted by Crippen LogP contribution is -2.45. The van der Waals surface area contributed by atoms with Crippen LogP contribution < -0.4 is 5.32 Å². The van der Waals surface area contributed by atoms with Crippen LogP contribution in [0.25, 0.3) is 0 Å². The van der Waals surface area contributed by atoms with Crippen molar-refractivity contribution in [2.75, 3.05) is 47.1 Å². The molecule has 0 saturated carbocycles. The monoisotopic (exact) mass is 264 g/mol. The van der Waals surface area contributed by atoms with E-state index in [9.17, 15) is 4.79 Å². The van der Waals surface area contributed by atoms with E-state index < -0.39 is 6.09 Å². The van der Waals surface area contributed by atoms with Crippen molar-refractivity contribution >= 4 is 23.4 Å². The van der Waals surface area contributed by atoms with Gasteiger partial charge < -0.3 is 19.1 Å². The van der Waals surface area contributed by atoms with E-state index in [1.165, 1.54) is 0 Å². The number of hydrogen-bond acceptors (Lipinski definition) is 5. The molecule has 0 aliphatic heterocycles. The topological polar surface area (TPSA) is 60.0 Å². The first-order valence-corrected chi connectivity index (χ1v) is 5.77. The van der Waals surface area contributed by atoms with Crippen LogP contribution in [0.4, 0.5) is 4.79 Å². The fourth-order valence-corrected chi connectivity index (χ4v) is 1.32. The zero-order valence-electron chi connectivity index (χ0n) is 10.5. The Morgan fingerprint density at radius 1 is 1.24 bits per heavy atom. The number of methoxy groups -OCH3 is 2. The van der Waals surface area contributed by atoms with Gasteiger partial charge in [-0.05, 0) is 19.1 Å². The van der Waals surface area contributed by atoms with E-state index in [2.05, 4.69) is 5.32 Å². The third kappa shape index (κ3) is 7.89. The lowest BCUT2D eigenvalue weighted by Gasteiger charge is -2.24. The van der Waals surface area contributed by atoms with Crippen LogP contribution in [0.2, 0.25) is 0 Å². The number of nitrogens with zero attached hydrogens (tertiary/aromatic N) is 1. The number of hydrogen-bond donors (Lipinski definition) is 1. The first-order chi connectivity index (χ1) is 8.15. The lowest BCUT2D eigenvalue weighted by molar-refractivity contribution is 0.141. The van der Waals surface area contributed by atoms with Crippen molar-refractivity contribution < 1.29 is 19.0 Å². The second-order valence-corrected chi connectivity index (χ2v) is 3.51. The van der Waals surface area contributed by atoms with Crippen LogP contribution >= 0.6 is 12.2 Å². The SMILES string of the molecule is CCOC(=O)NC(=S)N(CCOC)CCOC. The van der Waals surface area contributed by atoms with Crippen molar-refractivity contribution in [1.82, 2.24) is 10.2 Å². The van der Waals surface area contributed by atoms with Gasteiger partial charge in [-0.15, -0.1) is 0 Å². The molecule has 0 atom stereocenters. The molecule has 0 bridgehead atoms. The van der Waals surface area contributed by atoms with E-state index in [-0.39, 0.29) is 0 Å². The smallest absolute Gasteiger partial charge is 0.413 e. The van der Waals surface area contributed by atoms with Crippen molar-refractivity contribution in [2.45, 2.75) is 6.92 Å². The van der Waals surface area contributed by atoms with Crippen LogP contribution in [0.5, 0.6) is 0 Å². The summed E-state index contributed by atoms with van der Waals surface area (Å²) in [5, 5.41) is 2.80. The number of ether oxygens (including phenoxy) is 3. The summed E-state index contributed by atoms with van der Waals surface area (Å²) in [5.74, 6) is 0. The van der Waals surface area contributed by atoms with Crippen molar-refractivity contribution in [1.29, 1.82) is 0 Å². The Bertz CT molecular complexity index is 230. The molecule has 0 aromatic carbocycles. The van der Waals surface area contributed by atoms with Gasteiger partial charge in [-0.25, -0.2) is 4.79 Å².